The van der Waals surface area contributed by atoms with Crippen molar-refractivity contribution in [2.45, 2.75) is 26.3 Å². The Kier molecular flexibility index (Phi) is 5.83. The van der Waals surface area contributed by atoms with Gasteiger partial charge in [-0.05, 0) is 36.6 Å². The minimum absolute atomic E-state index is 0.261. The Balaban J connectivity index is 1.81. The van der Waals surface area contributed by atoms with Gasteiger partial charge in [0.1, 0.15) is 11.3 Å². The number of pyridine rings is 1. The number of benzene rings is 2. The highest BCUT2D eigenvalue weighted by molar-refractivity contribution is 5.97. The summed E-state index contributed by atoms with van der Waals surface area (Å²) in [5.41, 5.74) is 1.56. The fraction of sp³-hybridized carbons (Fsp3) is 0.217. The lowest BCUT2D eigenvalue weighted by Crippen LogP contribution is -2.35. The molecule has 0 aliphatic heterocycles. The number of aromatic nitrogens is 1. The second-order valence-corrected chi connectivity index (χ2v) is 6.83. The summed E-state index contributed by atoms with van der Waals surface area (Å²) in [6.45, 7) is 4.17. The summed E-state index contributed by atoms with van der Waals surface area (Å²) in [6.07, 6.45) is 2.14. The van der Waals surface area contributed by atoms with Crippen molar-refractivity contribution in [3.8, 4) is 11.8 Å². The standard InChI is InChI=1S/C23H21FN2O/c1-16(2)13-20(12-11-17-7-4-3-5-8-17)26-23(27)19-14-18-9-6-10-21(24)22(18)25-15-19/h3-10,14-16,20H,13H2,1-2H3,(H,26,27)/t20-/m1/s1. The van der Waals surface area contributed by atoms with Gasteiger partial charge in [-0.1, -0.05) is 56.0 Å². The first-order valence-electron chi connectivity index (χ1n) is 8.94. The van der Waals surface area contributed by atoms with Gasteiger partial charge in [-0.3, -0.25) is 9.78 Å². The van der Waals surface area contributed by atoms with Crippen molar-refractivity contribution >= 4 is 16.8 Å². The molecule has 0 radical (unpaired) electrons. The predicted octanol–water partition coefficient (Wildman–Crippen LogP) is 4.57. The maximum atomic E-state index is 13.8. The average molecular weight is 360 g/mol. The van der Waals surface area contributed by atoms with Crippen molar-refractivity contribution in [2.75, 3.05) is 0 Å². The molecule has 1 atom stereocenters. The largest absolute Gasteiger partial charge is 0.338 e. The number of halogens is 1. The monoisotopic (exact) mass is 360 g/mol. The summed E-state index contributed by atoms with van der Waals surface area (Å²) in [5, 5.41) is 3.56. The number of hydrogen-bond donors (Lipinski definition) is 1. The summed E-state index contributed by atoms with van der Waals surface area (Å²) in [6, 6.07) is 15.7. The van der Waals surface area contributed by atoms with Gasteiger partial charge in [0.15, 0.2) is 0 Å². The van der Waals surface area contributed by atoms with Crippen LogP contribution in [0.15, 0.2) is 60.8 Å². The lowest BCUT2D eigenvalue weighted by atomic mass is 10.0. The third-order valence-electron chi connectivity index (χ3n) is 4.10. The SMILES string of the molecule is CC(C)C[C@@H](C#Cc1ccccc1)NC(=O)c1cnc2c(F)cccc2c1. The van der Waals surface area contributed by atoms with Crippen LogP contribution in [-0.4, -0.2) is 16.9 Å². The van der Waals surface area contributed by atoms with Crippen LogP contribution in [0.25, 0.3) is 10.9 Å². The molecule has 0 saturated carbocycles. The molecule has 0 spiro atoms. The number of carbonyl (C=O) groups excluding carboxylic acids is 1. The van der Waals surface area contributed by atoms with Crippen LogP contribution in [0.3, 0.4) is 0 Å². The van der Waals surface area contributed by atoms with Crippen molar-refractivity contribution in [3.63, 3.8) is 0 Å². The van der Waals surface area contributed by atoms with Crippen LogP contribution < -0.4 is 5.32 Å². The molecule has 0 bridgehead atoms. The third kappa shape index (κ3) is 4.92. The lowest BCUT2D eigenvalue weighted by molar-refractivity contribution is 0.0942. The van der Waals surface area contributed by atoms with Crippen LogP contribution >= 0.6 is 0 Å². The Hall–Kier alpha value is -3.19. The summed E-state index contributed by atoms with van der Waals surface area (Å²) >= 11 is 0. The van der Waals surface area contributed by atoms with E-state index < -0.39 is 5.82 Å². The maximum Gasteiger partial charge on any atom is 0.253 e. The molecular formula is C23H21FN2O. The van der Waals surface area contributed by atoms with Crippen molar-refractivity contribution in [1.82, 2.24) is 10.3 Å². The normalized spacial score (nSPS) is 11.7. The average Bonchev–Trinajstić information content (AvgIpc) is 2.66. The Morgan fingerprint density at radius 3 is 2.67 bits per heavy atom. The summed E-state index contributed by atoms with van der Waals surface area (Å²) < 4.78 is 13.8. The van der Waals surface area contributed by atoms with Crippen molar-refractivity contribution in [2.24, 2.45) is 5.92 Å². The van der Waals surface area contributed by atoms with E-state index in [0.29, 0.717) is 16.9 Å². The highest BCUT2D eigenvalue weighted by Crippen LogP contribution is 2.16. The van der Waals surface area contributed by atoms with Crippen molar-refractivity contribution < 1.29 is 9.18 Å². The van der Waals surface area contributed by atoms with E-state index in [9.17, 15) is 9.18 Å². The molecule has 1 heterocycles. The number of para-hydroxylation sites is 1. The number of fused-ring (bicyclic) bond motifs is 1. The van der Waals surface area contributed by atoms with Gasteiger partial charge in [-0.25, -0.2) is 4.39 Å². The summed E-state index contributed by atoms with van der Waals surface area (Å²) in [5.74, 6) is 5.99. The molecule has 0 aliphatic rings. The quantitative estimate of drug-likeness (QED) is 0.693. The highest BCUT2D eigenvalue weighted by Gasteiger charge is 2.14. The molecule has 3 aromatic rings. The molecule has 136 valence electrons. The number of nitrogens with one attached hydrogen (secondary N) is 1. The summed E-state index contributed by atoms with van der Waals surface area (Å²) in [4.78, 5) is 16.8. The van der Waals surface area contributed by atoms with Crippen LogP contribution in [0.2, 0.25) is 0 Å². The van der Waals surface area contributed by atoms with E-state index in [0.717, 1.165) is 12.0 Å². The number of amides is 1. The van der Waals surface area contributed by atoms with Crippen LogP contribution in [0.5, 0.6) is 0 Å². The van der Waals surface area contributed by atoms with E-state index in [2.05, 4.69) is 36.0 Å². The molecule has 1 N–H and O–H groups in total. The molecular weight excluding hydrogens is 339 g/mol. The zero-order valence-corrected chi connectivity index (χ0v) is 15.4. The van der Waals surface area contributed by atoms with Gasteiger partial charge in [0.25, 0.3) is 5.91 Å². The van der Waals surface area contributed by atoms with E-state index in [1.54, 1.807) is 18.2 Å². The molecule has 4 heteroatoms. The maximum absolute atomic E-state index is 13.8. The fourth-order valence-corrected chi connectivity index (χ4v) is 2.81. The van der Waals surface area contributed by atoms with Crippen LogP contribution in [-0.2, 0) is 0 Å². The van der Waals surface area contributed by atoms with Crippen LogP contribution in [0, 0.1) is 23.6 Å². The Morgan fingerprint density at radius 1 is 1.15 bits per heavy atom. The first-order chi connectivity index (χ1) is 13.0. The van der Waals surface area contributed by atoms with Crippen molar-refractivity contribution in [3.05, 3.63) is 77.7 Å². The smallest absolute Gasteiger partial charge is 0.253 e. The van der Waals surface area contributed by atoms with E-state index in [1.807, 2.05) is 30.3 Å². The molecule has 2 aromatic carbocycles. The number of carbonyl (C=O) groups is 1. The van der Waals surface area contributed by atoms with E-state index in [-0.39, 0.29) is 17.5 Å². The molecule has 0 fully saturated rings. The predicted molar refractivity (Wildman–Crippen MR) is 106 cm³/mol. The molecule has 1 amide bonds. The second-order valence-electron chi connectivity index (χ2n) is 6.83. The van der Waals surface area contributed by atoms with Gasteiger partial charge in [-0.2, -0.15) is 0 Å². The highest BCUT2D eigenvalue weighted by atomic mass is 19.1. The fourth-order valence-electron chi connectivity index (χ4n) is 2.81. The first-order valence-corrected chi connectivity index (χ1v) is 8.94. The number of nitrogens with zero attached hydrogens (tertiary/aromatic N) is 1. The van der Waals surface area contributed by atoms with Gasteiger partial charge >= 0.3 is 0 Å². The third-order valence-corrected chi connectivity index (χ3v) is 4.10. The van der Waals surface area contributed by atoms with Crippen LogP contribution in [0.4, 0.5) is 4.39 Å². The molecule has 0 aliphatic carbocycles. The molecule has 3 rings (SSSR count). The number of rotatable bonds is 4. The minimum Gasteiger partial charge on any atom is -0.338 e. The first kappa shape index (κ1) is 18.6. The van der Waals surface area contributed by atoms with E-state index in [4.69, 9.17) is 0 Å². The molecule has 0 unspecified atom stereocenters. The number of hydrogen-bond acceptors (Lipinski definition) is 2. The van der Waals surface area contributed by atoms with Gasteiger partial charge in [-0.15, -0.1) is 0 Å². The van der Waals surface area contributed by atoms with Gasteiger partial charge in [0.05, 0.1) is 11.6 Å². The Morgan fingerprint density at radius 2 is 1.93 bits per heavy atom. The minimum atomic E-state index is -0.397. The molecule has 0 saturated heterocycles. The molecule has 3 nitrogen and oxygen atoms in total. The second kappa shape index (κ2) is 8.46. The van der Waals surface area contributed by atoms with E-state index in [1.165, 1.54) is 12.3 Å². The van der Waals surface area contributed by atoms with Gasteiger partial charge in [0.2, 0.25) is 0 Å². The molecule has 27 heavy (non-hydrogen) atoms. The van der Waals surface area contributed by atoms with E-state index >= 15 is 0 Å². The van der Waals surface area contributed by atoms with Gasteiger partial charge in [0, 0.05) is 17.1 Å². The summed E-state index contributed by atoms with van der Waals surface area (Å²) in [7, 11) is 0. The zero-order chi connectivity index (χ0) is 19.2. The zero-order valence-electron chi connectivity index (χ0n) is 15.4. The van der Waals surface area contributed by atoms with Crippen LogP contribution in [0.1, 0.15) is 36.2 Å². The molecule has 1 aromatic heterocycles. The topological polar surface area (TPSA) is 42.0 Å². The van der Waals surface area contributed by atoms with Gasteiger partial charge < -0.3 is 5.32 Å². The Bertz CT molecular complexity index is 1000. The Labute approximate surface area is 158 Å². The lowest BCUT2D eigenvalue weighted by Gasteiger charge is -2.15. The van der Waals surface area contributed by atoms with Crippen molar-refractivity contribution in [1.29, 1.82) is 0 Å².